The molecule has 4 N–H and O–H groups in total. The fourth-order valence-corrected chi connectivity index (χ4v) is 4.65. The van der Waals surface area contributed by atoms with E-state index in [-0.39, 0.29) is 23.5 Å². The highest BCUT2D eigenvalue weighted by Gasteiger charge is 2.30. The predicted octanol–water partition coefficient (Wildman–Crippen LogP) is 8.49. The molecular weight excluding hydrogens is 641 g/mol. The van der Waals surface area contributed by atoms with E-state index in [1.165, 1.54) is 32.9 Å². The second-order valence-corrected chi connectivity index (χ2v) is 13.5. The normalized spacial score (nSPS) is 14.7. The van der Waals surface area contributed by atoms with Gasteiger partial charge in [0.2, 0.25) is 9.97 Å². The molecule has 0 amide bonds. The first-order chi connectivity index (χ1) is 23.2. The van der Waals surface area contributed by atoms with Gasteiger partial charge in [0.25, 0.3) is 0 Å². The van der Waals surface area contributed by atoms with Crippen molar-refractivity contribution in [3.63, 3.8) is 0 Å². The topological polar surface area (TPSA) is 162 Å². The van der Waals surface area contributed by atoms with Crippen molar-refractivity contribution in [2.45, 2.75) is 107 Å². The zero-order chi connectivity index (χ0) is 37.7. The van der Waals surface area contributed by atoms with Crippen molar-refractivity contribution >= 4 is 39.1 Å². The Kier molecular flexibility index (Phi) is 21.9. The monoisotopic (exact) mass is 701 g/mol. The number of hydrogen-bond donors (Lipinski definition) is 3. The standard InChI is InChI=1S/C28H35N3O4.C5H12.C2H7BO3S.C2H6/c1-6-17(4)22-13-25(23(14-29)28(30)34-8-3)31-15-24(22)21(7-2)27(32)19-11-18-12-20(33-5)9-10-26(18)35-16-19;1-3-5-4-2;1-3(2)7(4,5)6;1-2/h7,9-10,12-15,17,19,29H,6,8,11,16,30H2,1-5H3;3-5H2,1-2H3;1-2H3,(H,4,5,6);1-2H3/b21-7+,28-23-,29-14?;;;. The first-order valence-corrected chi connectivity index (χ1v) is 18.8. The maximum Gasteiger partial charge on any atom is 0.320 e. The molecule has 12 heteroatoms. The molecule has 49 heavy (non-hydrogen) atoms. The lowest BCUT2D eigenvalue weighted by Gasteiger charge is -2.26. The first-order valence-electron chi connectivity index (χ1n) is 17.3. The number of nitrogens with zero attached hydrogens (tertiary/aromatic N) is 1. The Hall–Kier alpha value is -3.64. The zero-order valence-electron chi connectivity index (χ0n) is 31.6. The number of carbonyl (C=O) groups excluding carboxylic acids is 1. The summed E-state index contributed by atoms with van der Waals surface area (Å²) in [4.78, 5) is 18.3. The van der Waals surface area contributed by atoms with Gasteiger partial charge < -0.3 is 25.4 Å². The molecule has 10 nitrogen and oxygen atoms in total. The molecule has 0 aliphatic carbocycles. The summed E-state index contributed by atoms with van der Waals surface area (Å²) in [6, 6.07) is 7.60. The molecule has 0 fully saturated rings. The summed E-state index contributed by atoms with van der Waals surface area (Å²) < 4.78 is 44.5. The van der Waals surface area contributed by atoms with Gasteiger partial charge in [0.1, 0.15) is 11.5 Å². The van der Waals surface area contributed by atoms with E-state index in [4.69, 9.17) is 29.9 Å². The van der Waals surface area contributed by atoms with Crippen LogP contribution in [0.25, 0.3) is 11.1 Å². The molecule has 2 atom stereocenters. The summed E-state index contributed by atoms with van der Waals surface area (Å²) in [6.45, 7) is 19.9. The lowest BCUT2D eigenvalue weighted by Crippen LogP contribution is -2.29. The first kappa shape index (κ1) is 45.4. The Morgan fingerprint density at radius 3 is 2.24 bits per heavy atom. The van der Waals surface area contributed by atoms with Crippen molar-refractivity contribution in [1.29, 1.82) is 5.41 Å². The van der Waals surface area contributed by atoms with E-state index in [1.54, 1.807) is 13.3 Å². The van der Waals surface area contributed by atoms with Gasteiger partial charge in [0.05, 0.1) is 37.5 Å². The Morgan fingerprint density at radius 1 is 1.18 bits per heavy atom. The van der Waals surface area contributed by atoms with E-state index in [2.05, 4.69) is 32.7 Å². The van der Waals surface area contributed by atoms with Crippen molar-refractivity contribution in [3.8, 4) is 11.5 Å². The van der Waals surface area contributed by atoms with Crippen molar-refractivity contribution in [3.05, 3.63) is 64.8 Å². The average molecular weight is 702 g/mol. The minimum Gasteiger partial charge on any atom is -0.497 e. The summed E-state index contributed by atoms with van der Waals surface area (Å²) in [7, 11) is -2.12. The van der Waals surface area contributed by atoms with Crippen LogP contribution in [0.5, 0.6) is 11.5 Å². The highest BCUT2D eigenvalue weighted by molar-refractivity contribution is 8.14. The molecule has 1 aliphatic rings. The van der Waals surface area contributed by atoms with Gasteiger partial charge in [-0.15, -0.1) is 0 Å². The van der Waals surface area contributed by atoms with E-state index in [0.29, 0.717) is 36.5 Å². The van der Waals surface area contributed by atoms with Crippen LogP contribution < -0.4 is 15.2 Å². The molecule has 274 valence electrons. The number of carbonyl (C=O) groups is 1. The Labute approximate surface area is 296 Å². The predicted molar refractivity (Wildman–Crippen MR) is 204 cm³/mol. The van der Waals surface area contributed by atoms with Crippen LogP contribution in [0.1, 0.15) is 109 Å². The molecule has 0 bridgehead atoms. The third kappa shape index (κ3) is 14.4. The summed E-state index contributed by atoms with van der Waals surface area (Å²) in [5.41, 5.74) is 10.4. The number of ketones is 1. The van der Waals surface area contributed by atoms with E-state index >= 15 is 0 Å². The molecule has 2 heterocycles. The highest BCUT2D eigenvalue weighted by Crippen LogP contribution is 2.35. The van der Waals surface area contributed by atoms with Gasteiger partial charge in [0.15, 0.2) is 11.7 Å². The molecule has 3 rings (SSSR count). The number of aromatic nitrogens is 1. The fourth-order valence-electron chi connectivity index (χ4n) is 4.65. The Morgan fingerprint density at radius 2 is 1.80 bits per heavy atom. The van der Waals surface area contributed by atoms with E-state index < -0.39 is 16.0 Å². The number of ether oxygens (including phenoxy) is 3. The summed E-state index contributed by atoms with van der Waals surface area (Å²) in [5, 5.41) is 7.82. The molecule has 0 spiro atoms. The minimum absolute atomic E-state index is 0.0247. The van der Waals surface area contributed by atoms with Crippen molar-refractivity contribution in [2.75, 3.05) is 20.3 Å². The van der Waals surface area contributed by atoms with Gasteiger partial charge in [-0.3, -0.25) is 14.3 Å². The SMILES string of the molecule is C/C=C(/C(=O)C1COc2ccc(OC)cc2C1)c1cnc(/C(C=N)=C(/N)OCC)cc1C(C)CC.CB(C)S(=O)(=O)O.CC.CCCCC. The largest absolute Gasteiger partial charge is 0.497 e. The number of allylic oxidation sites excluding steroid dienone is 3. The van der Waals surface area contributed by atoms with Crippen molar-refractivity contribution < 1.29 is 32.0 Å². The maximum atomic E-state index is 13.7. The van der Waals surface area contributed by atoms with E-state index in [0.717, 1.165) is 40.8 Å². The van der Waals surface area contributed by atoms with Gasteiger partial charge in [-0.05, 0) is 68.0 Å². The van der Waals surface area contributed by atoms with Crippen molar-refractivity contribution in [1.82, 2.24) is 4.98 Å². The second kappa shape index (κ2) is 23.7. The number of pyridine rings is 1. The molecule has 2 aromatic rings. The molecule has 0 radical (unpaired) electrons. The van der Waals surface area contributed by atoms with E-state index in [9.17, 15) is 13.2 Å². The zero-order valence-corrected chi connectivity index (χ0v) is 32.4. The molecule has 1 aromatic carbocycles. The van der Waals surface area contributed by atoms with Crippen LogP contribution >= 0.6 is 0 Å². The van der Waals surface area contributed by atoms with Crippen LogP contribution in [-0.2, 0) is 25.9 Å². The van der Waals surface area contributed by atoms with Gasteiger partial charge in [-0.2, -0.15) is 0 Å². The number of unbranched alkanes of at least 4 members (excludes halogenated alkanes) is 2. The second-order valence-electron chi connectivity index (χ2n) is 11.5. The third-order valence-corrected chi connectivity index (χ3v) is 8.95. The van der Waals surface area contributed by atoms with Crippen LogP contribution in [0, 0.1) is 11.3 Å². The van der Waals surface area contributed by atoms with Crippen LogP contribution in [0.4, 0.5) is 0 Å². The Bertz CT molecular complexity index is 1490. The van der Waals surface area contributed by atoms with Gasteiger partial charge in [-0.1, -0.05) is 80.5 Å². The lowest BCUT2D eigenvalue weighted by molar-refractivity contribution is -0.118. The number of nitrogens with one attached hydrogen (secondary N) is 1. The number of methoxy groups -OCH3 is 1. The fraction of sp³-hybridized carbons (Fsp3) is 0.541. The molecule has 1 aromatic heterocycles. The van der Waals surface area contributed by atoms with Crippen LogP contribution in [-0.4, -0.2) is 56.3 Å². The molecule has 0 saturated carbocycles. The number of hydrogen-bond acceptors (Lipinski definition) is 9. The smallest absolute Gasteiger partial charge is 0.320 e. The minimum atomic E-state index is -3.74. The number of benzene rings is 1. The maximum absolute atomic E-state index is 13.7. The number of nitrogens with two attached hydrogens (primary N) is 1. The van der Waals surface area contributed by atoms with Crippen molar-refractivity contribution in [2.24, 2.45) is 11.7 Å². The molecular formula is C37H60BN3O7S. The molecule has 0 saturated heterocycles. The van der Waals surface area contributed by atoms with Crippen LogP contribution in [0.15, 0.2) is 42.4 Å². The quantitative estimate of drug-likeness (QED) is 0.0611. The highest BCUT2D eigenvalue weighted by atomic mass is 32.2. The van der Waals surface area contributed by atoms with Crippen LogP contribution in [0.3, 0.4) is 0 Å². The summed E-state index contributed by atoms with van der Waals surface area (Å²) in [6.07, 6.45) is 10.3. The third-order valence-electron chi connectivity index (χ3n) is 7.76. The van der Waals surface area contributed by atoms with Crippen LogP contribution in [0.2, 0.25) is 13.6 Å². The van der Waals surface area contributed by atoms with Gasteiger partial charge >= 0.3 is 5.99 Å². The lowest BCUT2D eigenvalue weighted by atomic mass is 9.83. The summed E-state index contributed by atoms with van der Waals surface area (Å²) >= 11 is 0. The Balaban J connectivity index is 0.00000139. The van der Waals surface area contributed by atoms with E-state index in [1.807, 2.05) is 58.0 Å². The molecule has 2 unspecified atom stereocenters. The summed E-state index contributed by atoms with van der Waals surface area (Å²) in [5.74, 6) is 0.907. The van der Waals surface area contributed by atoms with Gasteiger partial charge in [0, 0.05) is 23.5 Å². The number of Topliss-reactive ketones (excluding diaryl/α,β-unsaturated/α-hetero) is 1. The molecule has 1 aliphatic heterocycles. The average Bonchev–Trinajstić information content (AvgIpc) is 3.09. The number of fused-ring (bicyclic) bond motifs is 1. The van der Waals surface area contributed by atoms with Gasteiger partial charge in [-0.25, -0.2) is 8.42 Å². The number of rotatable bonds is 13.